The highest BCUT2D eigenvalue weighted by Crippen LogP contribution is 2.21. The molecule has 0 heterocycles. The van der Waals surface area contributed by atoms with Crippen LogP contribution in [0.1, 0.15) is 13.3 Å². The molecule has 3 N–H and O–H groups in total. The maximum absolute atomic E-state index is 11.2. The van der Waals surface area contributed by atoms with Crippen LogP contribution in [0, 0.1) is 10.1 Å². The van der Waals surface area contributed by atoms with E-state index in [4.69, 9.17) is 5.73 Å². The molecule has 0 saturated heterocycles. The first-order valence-electron chi connectivity index (χ1n) is 5.94. The second-order valence-corrected chi connectivity index (χ2v) is 5.06. The number of thioether (sulfide) groups is 1. The number of rotatable bonds is 8. The average molecular weight is 283 g/mol. The lowest BCUT2D eigenvalue weighted by molar-refractivity contribution is -0.384. The van der Waals surface area contributed by atoms with Crippen molar-refractivity contribution in [1.82, 2.24) is 5.32 Å². The SMILES string of the molecule is CCCNC(CSc1ccc([N+](=O)[O-])cc1)C(N)=O. The van der Waals surface area contributed by atoms with Crippen LogP contribution in [0.2, 0.25) is 0 Å². The maximum Gasteiger partial charge on any atom is 0.269 e. The van der Waals surface area contributed by atoms with Crippen LogP contribution in [0.4, 0.5) is 5.69 Å². The Morgan fingerprint density at radius 2 is 2.11 bits per heavy atom. The van der Waals surface area contributed by atoms with Gasteiger partial charge in [-0.3, -0.25) is 14.9 Å². The number of hydrogen-bond acceptors (Lipinski definition) is 5. The van der Waals surface area contributed by atoms with Crippen LogP contribution in [0.5, 0.6) is 0 Å². The van der Waals surface area contributed by atoms with E-state index < -0.39 is 4.92 Å². The molecule has 0 fully saturated rings. The van der Waals surface area contributed by atoms with Gasteiger partial charge in [-0.25, -0.2) is 0 Å². The molecule has 1 aromatic carbocycles. The number of non-ortho nitro benzene ring substituents is 1. The van der Waals surface area contributed by atoms with Gasteiger partial charge in [0.2, 0.25) is 5.91 Å². The van der Waals surface area contributed by atoms with Gasteiger partial charge in [-0.05, 0) is 25.1 Å². The van der Waals surface area contributed by atoms with Gasteiger partial charge < -0.3 is 11.1 Å². The van der Waals surface area contributed by atoms with Crippen LogP contribution in [-0.2, 0) is 4.79 Å². The summed E-state index contributed by atoms with van der Waals surface area (Å²) in [6.45, 7) is 2.74. The standard InChI is InChI=1S/C12H17N3O3S/c1-2-7-14-11(12(13)16)8-19-10-5-3-9(4-6-10)15(17)18/h3-6,11,14H,2,7-8H2,1H3,(H2,13,16). The summed E-state index contributed by atoms with van der Waals surface area (Å²) in [7, 11) is 0. The Labute approximate surface area is 115 Å². The molecule has 1 unspecified atom stereocenters. The first-order chi connectivity index (χ1) is 9.04. The highest BCUT2D eigenvalue weighted by molar-refractivity contribution is 7.99. The average Bonchev–Trinajstić information content (AvgIpc) is 2.39. The largest absolute Gasteiger partial charge is 0.368 e. The molecule has 0 aliphatic heterocycles. The van der Waals surface area contributed by atoms with Crippen molar-refractivity contribution in [2.75, 3.05) is 12.3 Å². The maximum atomic E-state index is 11.2. The minimum atomic E-state index is -0.441. The summed E-state index contributed by atoms with van der Waals surface area (Å²) < 4.78 is 0. The van der Waals surface area contributed by atoms with E-state index in [-0.39, 0.29) is 17.6 Å². The predicted octanol–water partition coefficient (Wildman–Crippen LogP) is 1.54. The Balaban J connectivity index is 2.54. The number of hydrogen-bond donors (Lipinski definition) is 2. The van der Waals surface area contributed by atoms with Crippen LogP contribution in [0.15, 0.2) is 29.2 Å². The third-order valence-electron chi connectivity index (χ3n) is 2.45. The number of nitro groups is 1. The van der Waals surface area contributed by atoms with E-state index in [1.54, 1.807) is 12.1 Å². The molecule has 104 valence electrons. The van der Waals surface area contributed by atoms with E-state index in [1.807, 2.05) is 6.92 Å². The molecule has 0 radical (unpaired) electrons. The Kier molecular flexibility index (Phi) is 6.31. The van der Waals surface area contributed by atoms with Crippen molar-refractivity contribution in [3.8, 4) is 0 Å². The summed E-state index contributed by atoms with van der Waals surface area (Å²) >= 11 is 1.44. The van der Waals surface area contributed by atoms with Gasteiger partial charge in [-0.1, -0.05) is 6.92 Å². The molecule has 19 heavy (non-hydrogen) atoms. The fourth-order valence-corrected chi connectivity index (χ4v) is 2.37. The molecule has 6 nitrogen and oxygen atoms in total. The molecule has 0 spiro atoms. The van der Waals surface area contributed by atoms with Crippen molar-refractivity contribution in [3.63, 3.8) is 0 Å². The monoisotopic (exact) mass is 283 g/mol. The number of nitrogens with zero attached hydrogens (tertiary/aromatic N) is 1. The second kappa shape index (κ2) is 7.75. The molecule has 7 heteroatoms. The molecule has 1 amide bonds. The lowest BCUT2D eigenvalue weighted by Crippen LogP contribution is -2.43. The van der Waals surface area contributed by atoms with Crippen LogP contribution in [0.3, 0.4) is 0 Å². The Morgan fingerprint density at radius 3 is 2.58 bits per heavy atom. The molecule has 0 bridgehead atoms. The highest BCUT2D eigenvalue weighted by Gasteiger charge is 2.14. The van der Waals surface area contributed by atoms with Crippen LogP contribution in [-0.4, -0.2) is 29.2 Å². The first kappa shape index (κ1) is 15.5. The van der Waals surface area contributed by atoms with Gasteiger partial charge in [-0.2, -0.15) is 0 Å². The number of nitrogens with one attached hydrogen (secondary N) is 1. The minimum Gasteiger partial charge on any atom is -0.368 e. The zero-order valence-corrected chi connectivity index (χ0v) is 11.5. The van der Waals surface area contributed by atoms with E-state index in [9.17, 15) is 14.9 Å². The zero-order valence-electron chi connectivity index (χ0n) is 10.7. The smallest absolute Gasteiger partial charge is 0.269 e. The molecule has 1 atom stereocenters. The minimum absolute atomic E-state index is 0.0555. The summed E-state index contributed by atoms with van der Waals surface area (Å²) in [5.41, 5.74) is 5.36. The predicted molar refractivity (Wildman–Crippen MR) is 75.1 cm³/mol. The third-order valence-corrected chi connectivity index (χ3v) is 3.55. The summed E-state index contributed by atoms with van der Waals surface area (Å²) in [6, 6.07) is 5.84. The molecule has 0 aromatic heterocycles. The van der Waals surface area contributed by atoms with Gasteiger partial charge in [0.05, 0.1) is 11.0 Å². The summed E-state index contributed by atoms with van der Waals surface area (Å²) in [5, 5.41) is 13.6. The van der Waals surface area contributed by atoms with Gasteiger partial charge in [0.15, 0.2) is 0 Å². The number of primary amides is 1. The Hall–Kier alpha value is -1.60. The summed E-state index contributed by atoms with van der Waals surface area (Å²) in [5.74, 6) is 0.121. The van der Waals surface area contributed by atoms with E-state index in [0.29, 0.717) is 5.75 Å². The van der Waals surface area contributed by atoms with Crippen molar-refractivity contribution in [2.45, 2.75) is 24.3 Å². The molecule has 0 aliphatic carbocycles. The fourth-order valence-electron chi connectivity index (χ4n) is 1.40. The molecule has 1 aromatic rings. The van der Waals surface area contributed by atoms with Gasteiger partial charge in [0.25, 0.3) is 5.69 Å². The number of carbonyl (C=O) groups is 1. The normalized spacial score (nSPS) is 12.1. The number of benzene rings is 1. The number of amides is 1. The lowest BCUT2D eigenvalue weighted by Gasteiger charge is -2.14. The van der Waals surface area contributed by atoms with Crippen LogP contribution in [0.25, 0.3) is 0 Å². The van der Waals surface area contributed by atoms with Gasteiger partial charge >= 0.3 is 0 Å². The number of nitro benzene ring substituents is 1. The quantitative estimate of drug-likeness (QED) is 0.428. The van der Waals surface area contributed by atoms with Gasteiger partial charge in [-0.15, -0.1) is 11.8 Å². The Bertz CT molecular complexity index is 436. The number of carbonyl (C=O) groups excluding carboxylic acids is 1. The van der Waals surface area contributed by atoms with Gasteiger partial charge in [0.1, 0.15) is 0 Å². The van der Waals surface area contributed by atoms with E-state index in [0.717, 1.165) is 17.9 Å². The van der Waals surface area contributed by atoms with Crippen molar-refractivity contribution >= 4 is 23.4 Å². The third kappa shape index (κ3) is 5.27. The molecule has 0 aliphatic rings. The van der Waals surface area contributed by atoms with Crippen LogP contribution >= 0.6 is 11.8 Å². The zero-order chi connectivity index (χ0) is 14.3. The molecule has 0 saturated carbocycles. The summed E-state index contributed by atoms with van der Waals surface area (Å²) in [6.07, 6.45) is 0.923. The van der Waals surface area contributed by atoms with Gasteiger partial charge in [0, 0.05) is 22.8 Å². The molecular weight excluding hydrogens is 266 g/mol. The van der Waals surface area contributed by atoms with E-state index in [1.165, 1.54) is 23.9 Å². The molecule has 1 rings (SSSR count). The van der Waals surface area contributed by atoms with E-state index >= 15 is 0 Å². The van der Waals surface area contributed by atoms with Crippen molar-refractivity contribution in [1.29, 1.82) is 0 Å². The van der Waals surface area contributed by atoms with E-state index in [2.05, 4.69) is 5.32 Å². The molecular formula is C12H17N3O3S. The first-order valence-corrected chi connectivity index (χ1v) is 6.93. The van der Waals surface area contributed by atoms with Crippen molar-refractivity contribution in [3.05, 3.63) is 34.4 Å². The fraction of sp³-hybridized carbons (Fsp3) is 0.417. The Morgan fingerprint density at radius 1 is 1.47 bits per heavy atom. The van der Waals surface area contributed by atoms with Crippen LogP contribution < -0.4 is 11.1 Å². The van der Waals surface area contributed by atoms with Crippen molar-refractivity contribution in [2.24, 2.45) is 5.73 Å². The lowest BCUT2D eigenvalue weighted by atomic mass is 10.3. The van der Waals surface area contributed by atoms with Crippen molar-refractivity contribution < 1.29 is 9.72 Å². The second-order valence-electron chi connectivity index (χ2n) is 3.97. The summed E-state index contributed by atoms with van der Waals surface area (Å²) in [4.78, 5) is 22.2. The topological polar surface area (TPSA) is 98.3 Å². The highest BCUT2D eigenvalue weighted by atomic mass is 32.2. The number of nitrogens with two attached hydrogens (primary N) is 1.